The van der Waals surface area contributed by atoms with Crippen LogP contribution in [0.25, 0.3) is 5.57 Å². The summed E-state index contributed by atoms with van der Waals surface area (Å²) in [6.45, 7) is 6.06. The largest absolute Gasteiger partial charge is 0.372 e. The van der Waals surface area contributed by atoms with Crippen LogP contribution >= 0.6 is 0 Å². The van der Waals surface area contributed by atoms with E-state index in [-0.39, 0.29) is 17.8 Å². The molecule has 0 aliphatic carbocycles. The number of benzene rings is 2. The number of nitrogens with one attached hydrogen (secondary N) is 1. The van der Waals surface area contributed by atoms with Crippen LogP contribution in [0, 0.1) is 5.82 Å². The van der Waals surface area contributed by atoms with E-state index in [9.17, 15) is 14.0 Å². The van der Waals surface area contributed by atoms with Crippen molar-refractivity contribution in [3.63, 3.8) is 0 Å². The summed E-state index contributed by atoms with van der Waals surface area (Å²) in [4.78, 5) is 34.1. The number of rotatable bonds is 8. The number of halogens is 1. The topological polar surface area (TPSA) is 65.5 Å². The van der Waals surface area contributed by atoms with Crippen molar-refractivity contribution in [3.05, 3.63) is 95.7 Å². The molecule has 0 unspecified atom stereocenters. The van der Waals surface area contributed by atoms with Gasteiger partial charge in [0.15, 0.2) is 0 Å². The summed E-state index contributed by atoms with van der Waals surface area (Å²) in [5, 5.41) is 3.14. The average Bonchev–Trinajstić information content (AvgIpc) is 3.06. The van der Waals surface area contributed by atoms with Gasteiger partial charge in [0.25, 0.3) is 11.8 Å². The molecule has 0 spiro atoms. The minimum Gasteiger partial charge on any atom is -0.372 e. The van der Waals surface area contributed by atoms with Gasteiger partial charge in [0.2, 0.25) is 0 Å². The Hall–Kier alpha value is -4.00. The highest BCUT2D eigenvalue weighted by molar-refractivity contribution is 6.36. The quantitative estimate of drug-likeness (QED) is 0.520. The van der Waals surface area contributed by atoms with Crippen LogP contribution in [0.3, 0.4) is 0 Å². The second-order valence-corrected chi connectivity index (χ2v) is 7.66. The zero-order valence-electron chi connectivity index (χ0n) is 18.6. The second kappa shape index (κ2) is 9.65. The first-order valence-corrected chi connectivity index (χ1v) is 10.9. The van der Waals surface area contributed by atoms with Gasteiger partial charge in [0.1, 0.15) is 11.5 Å². The fourth-order valence-corrected chi connectivity index (χ4v) is 3.88. The van der Waals surface area contributed by atoms with E-state index in [0.717, 1.165) is 24.3 Å². The van der Waals surface area contributed by atoms with Crippen LogP contribution in [0.1, 0.15) is 25.0 Å². The van der Waals surface area contributed by atoms with E-state index in [0.29, 0.717) is 11.3 Å². The molecule has 2 aromatic carbocycles. The Morgan fingerprint density at radius 3 is 2.24 bits per heavy atom. The van der Waals surface area contributed by atoms with Gasteiger partial charge in [-0.3, -0.25) is 19.5 Å². The number of amides is 2. The predicted molar refractivity (Wildman–Crippen MR) is 127 cm³/mol. The van der Waals surface area contributed by atoms with Crippen LogP contribution in [0.5, 0.6) is 0 Å². The van der Waals surface area contributed by atoms with Crippen molar-refractivity contribution >= 4 is 28.8 Å². The van der Waals surface area contributed by atoms with Crippen molar-refractivity contribution in [3.8, 4) is 0 Å². The molecule has 0 atom stereocenters. The molecule has 2 heterocycles. The molecule has 1 aromatic heterocycles. The number of carbonyl (C=O) groups is 2. The lowest BCUT2D eigenvalue weighted by molar-refractivity contribution is -0.137. The fourth-order valence-electron chi connectivity index (χ4n) is 3.88. The first-order valence-electron chi connectivity index (χ1n) is 10.9. The number of imide groups is 1. The van der Waals surface area contributed by atoms with Gasteiger partial charge < -0.3 is 10.2 Å². The maximum Gasteiger partial charge on any atom is 0.278 e. The zero-order chi connectivity index (χ0) is 23.4. The first kappa shape index (κ1) is 22.2. The van der Waals surface area contributed by atoms with Gasteiger partial charge in [-0.25, -0.2) is 4.39 Å². The fraction of sp³-hybridized carbons (Fsp3) is 0.192. The number of nitrogens with zero attached hydrogens (tertiary/aromatic N) is 3. The molecule has 0 bridgehead atoms. The number of aromatic nitrogens is 1. The lowest BCUT2D eigenvalue weighted by atomic mass is 10.0. The molecule has 33 heavy (non-hydrogen) atoms. The molecule has 2 amide bonds. The SMILES string of the molecule is CCN(CC)c1ccc(NC2=C(c3ccc(F)cc3)C(=O)N(Cc3cccnc3)C2=O)cc1. The summed E-state index contributed by atoms with van der Waals surface area (Å²) >= 11 is 0. The smallest absolute Gasteiger partial charge is 0.278 e. The van der Waals surface area contributed by atoms with Crippen LogP contribution < -0.4 is 10.2 Å². The van der Waals surface area contributed by atoms with E-state index in [2.05, 4.69) is 29.0 Å². The molecule has 168 valence electrons. The third-order valence-electron chi connectivity index (χ3n) is 5.63. The number of pyridine rings is 1. The molecule has 1 N–H and O–H groups in total. The maximum absolute atomic E-state index is 13.5. The van der Waals surface area contributed by atoms with Gasteiger partial charge >= 0.3 is 0 Å². The van der Waals surface area contributed by atoms with Crippen molar-refractivity contribution in [1.29, 1.82) is 0 Å². The number of hydrogen-bond donors (Lipinski definition) is 1. The van der Waals surface area contributed by atoms with Crippen molar-refractivity contribution in [1.82, 2.24) is 9.88 Å². The Morgan fingerprint density at radius 1 is 0.939 bits per heavy atom. The third-order valence-corrected chi connectivity index (χ3v) is 5.63. The summed E-state index contributed by atoms with van der Waals surface area (Å²) < 4.78 is 13.5. The van der Waals surface area contributed by atoms with Crippen LogP contribution in [0.15, 0.2) is 78.8 Å². The molecule has 0 saturated heterocycles. The summed E-state index contributed by atoms with van der Waals surface area (Å²) in [6.07, 6.45) is 3.25. The van der Waals surface area contributed by atoms with Crippen LogP contribution in [0.4, 0.5) is 15.8 Å². The van der Waals surface area contributed by atoms with Gasteiger partial charge in [0.05, 0.1) is 12.1 Å². The number of carbonyl (C=O) groups excluding carboxylic acids is 2. The van der Waals surface area contributed by atoms with Crippen molar-refractivity contribution in [2.75, 3.05) is 23.3 Å². The van der Waals surface area contributed by atoms with Crippen LogP contribution in [0.2, 0.25) is 0 Å². The second-order valence-electron chi connectivity index (χ2n) is 7.66. The Labute approximate surface area is 192 Å². The van der Waals surface area contributed by atoms with Gasteiger partial charge in [0, 0.05) is 36.9 Å². The van der Waals surface area contributed by atoms with Crippen molar-refractivity contribution < 1.29 is 14.0 Å². The Bertz CT molecular complexity index is 1170. The molecule has 1 aliphatic heterocycles. The molecule has 0 fully saturated rings. The van der Waals surface area contributed by atoms with E-state index in [1.807, 2.05) is 30.3 Å². The summed E-state index contributed by atoms with van der Waals surface area (Å²) in [5.41, 5.74) is 3.37. The molecule has 0 saturated carbocycles. The Morgan fingerprint density at radius 2 is 1.64 bits per heavy atom. The molecule has 4 rings (SSSR count). The van der Waals surface area contributed by atoms with Gasteiger partial charge in [-0.05, 0) is 67.4 Å². The standard InChI is InChI=1S/C26H25FN4O2/c1-3-30(4-2)22-13-11-21(12-14-22)29-24-23(19-7-9-20(27)10-8-19)25(32)31(26(24)33)17-18-6-5-15-28-16-18/h5-16,29H,3-4,17H2,1-2H3. The molecule has 1 aliphatic rings. The van der Waals surface area contributed by atoms with Crippen molar-refractivity contribution in [2.45, 2.75) is 20.4 Å². The number of anilines is 2. The molecular formula is C26H25FN4O2. The summed E-state index contributed by atoms with van der Waals surface area (Å²) in [6, 6.07) is 16.8. The highest BCUT2D eigenvalue weighted by atomic mass is 19.1. The van der Waals surface area contributed by atoms with Crippen molar-refractivity contribution in [2.24, 2.45) is 0 Å². The average molecular weight is 445 g/mol. The monoisotopic (exact) mass is 444 g/mol. The Balaban J connectivity index is 1.68. The lowest BCUT2D eigenvalue weighted by Gasteiger charge is -2.21. The third kappa shape index (κ3) is 4.62. The maximum atomic E-state index is 13.5. The number of hydrogen-bond acceptors (Lipinski definition) is 5. The van der Waals surface area contributed by atoms with Crippen LogP contribution in [-0.4, -0.2) is 34.8 Å². The van der Waals surface area contributed by atoms with Gasteiger partial charge in [-0.1, -0.05) is 18.2 Å². The first-order chi connectivity index (χ1) is 16.0. The predicted octanol–water partition coefficient (Wildman–Crippen LogP) is 4.46. The summed E-state index contributed by atoms with van der Waals surface area (Å²) in [7, 11) is 0. The molecular weight excluding hydrogens is 419 g/mol. The molecule has 6 nitrogen and oxygen atoms in total. The van der Waals surface area contributed by atoms with Gasteiger partial charge in [-0.2, -0.15) is 0 Å². The van der Waals surface area contributed by atoms with Crippen LogP contribution in [-0.2, 0) is 16.1 Å². The minimum absolute atomic E-state index is 0.0995. The van der Waals surface area contributed by atoms with E-state index < -0.39 is 17.6 Å². The molecule has 0 radical (unpaired) electrons. The van der Waals surface area contributed by atoms with E-state index in [1.54, 1.807) is 18.5 Å². The normalized spacial score (nSPS) is 13.6. The zero-order valence-corrected chi connectivity index (χ0v) is 18.6. The molecule has 7 heteroatoms. The summed E-state index contributed by atoms with van der Waals surface area (Å²) in [5.74, 6) is -1.28. The van der Waals surface area contributed by atoms with E-state index in [4.69, 9.17) is 0 Å². The van der Waals surface area contributed by atoms with Gasteiger partial charge in [-0.15, -0.1) is 0 Å². The van der Waals surface area contributed by atoms with E-state index >= 15 is 0 Å². The van der Waals surface area contributed by atoms with E-state index in [1.165, 1.54) is 29.2 Å². The Kier molecular flexibility index (Phi) is 6.49. The minimum atomic E-state index is -0.434. The highest BCUT2D eigenvalue weighted by Crippen LogP contribution is 2.32. The highest BCUT2D eigenvalue weighted by Gasteiger charge is 2.39. The molecule has 3 aromatic rings. The lowest BCUT2D eigenvalue weighted by Crippen LogP contribution is -2.32.